The number of nitrogens with one attached hydrogen (secondary N) is 1. The van der Waals surface area contributed by atoms with E-state index in [2.05, 4.69) is 5.32 Å². The number of nitrogens with zero attached hydrogens (tertiary/aromatic N) is 1. The van der Waals surface area contributed by atoms with Crippen LogP contribution in [0, 0.1) is 10.1 Å². The Morgan fingerprint density at radius 1 is 1.14 bits per heavy atom. The van der Waals surface area contributed by atoms with E-state index in [0.717, 1.165) is 5.56 Å². The zero-order chi connectivity index (χ0) is 16.1. The Balaban J connectivity index is 1.98. The number of hydrogen-bond acceptors (Lipinski definition) is 5. The van der Waals surface area contributed by atoms with Crippen molar-refractivity contribution in [3.8, 4) is 11.5 Å². The fourth-order valence-electron chi connectivity index (χ4n) is 1.96. The molecule has 0 aliphatic rings. The topological polar surface area (TPSA) is 113 Å². The minimum Gasteiger partial charge on any atom is -0.504 e. The molecule has 0 saturated heterocycles. The third-order valence-corrected chi connectivity index (χ3v) is 3.08. The first-order valence-electron chi connectivity index (χ1n) is 6.51. The molecule has 0 atom stereocenters. The van der Waals surface area contributed by atoms with Crippen molar-refractivity contribution in [2.45, 2.75) is 6.42 Å². The van der Waals surface area contributed by atoms with Gasteiger partial charge in [0.05, 0.1) is 4.92 Å². The van der Waals surface area contributed by atoms with Crippen molar-refractivity contribution in [3.63, 3.8) is 0 Å². The molecule has 0 heterocycles. The van der Waals surface area contributed by atoms with Gasteiger partial charge in [0.15, 0.2) is 11.5 Å². The van der Waals surface area contributed by atoms with Gasteiger partial charge in [-0.1, -0.05) is 18.2 Å². The van der Waals surface area contributed by atoms with Crippen molar-refractivity contribution in [3.05, 3.63) is 63.7 Å². The molecular weight excluding hydrogens is 288 g/mol. The predicted molar refractivity (Wildman–Crippen MR) is 78.9 cm³/mol. The Morgan fingerprint density at radius 3 is 2.55 bits per heavy atom. The molecule has 0 aliphatic carbocycles. The molecule has 0 saturated carbocycles. The molecule has 0 fully saturated rings. The molecule has 2 aromatic carbocycles. The molecule has 7 heteroatoms. The number of phenolic OH excluding ortho intramolecular Hbond substituents is 2. The van der Waals surface area contributed by atoms with E-state index in [9.17, 15) is 25.1 Å². The van der Waals surface area contributed by atoms with Gasteiger partial charge >= 0.3 is 0 Å². The fraction of sp³-hybridized carbons (Fsp3) is 0.133. The fourth-order valence-corrected chi connectivity index (χ4v) is 1.96. The van der Waals surface area contributed by atoms with Crippen molar-refractivity contribution >= 4 is 11.6 Å². The number of nitro groups is 1. The van der Waals surface area contributed by atoms with Crippen LogP contribution in [0.1, 0.15) is 15.9 Å². The molecule has 0 unspecified atom stereocenters. The van der Waals surface area contributed by atoms with E-state index < -0.39 is 10.8 Å². The van der Waals surface area contributed by atoms with Crippen molar-refractivity contribution in [1.29, 1.82) is 0 Å². The van der Waals surface area contributed by atoms with Gasteiger partial charge < -0.3 is 15.5 Å². The molecule has 0 aromatic heterocycles. The Bertz CT molecular complexity index is 715. The molecule has 114 valence electrons. The lowest BCUT2D eigenvalue weighted by molar-refractivity contribution is -0.385. The molecule has 0 spiro atoms. The maximum Gasteiger partial charge on any atom is 0.282 e. The SMILES string of the molecule is O=C(NCCc1ccc(O)c(O)c1)c1ccccc1[N+](=O)[O-]. The summed E-state index contributed by atoms with van der Waals surface area (Å²) >= 11 is 0. The van der Waals surface area contributed by atoms with Crippen molar-refractivity contribution in [1.82, 2.24) is 5.32 Å². The Morgan fingerprint density at radius 2 is 1.86 bits per heavy atom. The number of nitro benzene ring substituents is 1. The van der Waals surface area contributed by atoms with E-state index in [1.807, 2.05) is 0 Å². The minimum absolute atomic E-state index is 0.000975. The van der Waals surface area contributed by atoms with Gasteiger partial charge in [0, 0.05) is 12.6 Å². The van der Waals surface area contributed by atoms with Crippen molar-refractivity contribution in [2.75, 3.05) is 6.54 Å². The van der Waals surface area contributed by atoms with E-state index in [1.165, 1.54) is 30.3 Å². The number of rotatable bonds is 5. The highest BCUT2D eigenvalue weighted by Crippen LogP contribution is 2.24. The van der Waals surface area contributed by atoms with Gasteiger partial charge in [-0.25, -0.2) is 0 Å². The number of carbonyl (C=O) groups excluding carboxylic acids is 1. The molecule has 0 radical (unpaired) electrons. The van der Waals surface area contributed by atoms with E-state index >= 15 is 0 Å². The molecule has 1 amide bonds. The van der Waals surface area contributed by atoms with Crippen LogP contribution in [0.5, 0.6) is 11.5 Å². The van der Waals surface area contributed by atoms with Crippen LogP contribution in [-0.4, -0.2) is 27.6 Å². The number of carbonyl (C=O) groups is 1. The van der Waals surface area contributed by atoms with E-state index in [-0.39, 0.29) is 29.3 Å². The monoisotopic (exact) mass is 302 g/mol. The quantitative estimate of drug-likeness (QED) is 0.444. The van der Waals surface area contributed by atoms with Crippen LogP contribution in [-0.2, 0) is 6.42 Å². The Kier molecular flexibility index (Phi) is 4.57. The average Bonchev–Trinajstić information content (AvgIpc) is 2.50. The summed E-state index contributed by atoms with van der Waals surface area (Å²) in [5, 5.41) is 32.0. The van der Waals surface area contributed by atoms with E-state index in [0.29, 0.717) is 6.42 Å². The van der Waals surface area contributed by atoms with E-state index in [1.54, 1.807) is 12.1 Å². The van der Waals surface area contributed by atoms with Crippen LogP contribution >= 0.6 is 0 Å². The summed E-state index contributed by atoms with van der Waals surface area (Å²) in [5.74, 6) is -0.981. The van der Waals surface area contributed by atoms with Gasteiger partial charge in [0.2, 0.25) is 0 Å². The first-order valence-corrected chi connectivity index (χ1v) is 6.51. The van der Waals surface area contributed by atoms with Gasteiger partial charge in [-0.2, -0.15) is 0 Å². The molecule has 0 aliphatic heterocycles. The molecule has 3 N–H and O–H groups in total. The summed E-state index contributed by atoms with van der Waals surface area (Å²) in [5.41, 5.74) is 0.474. The summed E-state index contributed by atoms with van der Waals surface area (Å²) in [7, 11) is 0. The maximum atomic E-state index is 12.0. The second kappa shape index (κ2) is 6.57. The molecule has 2 rings (SSSR count). The highest BCUT2D eigenvalue weighted by atomic mass is 16.6. The number of amides is 1. The summed E-state index contributed by atoms with van der Waals surface area (Å²) in [4.78, 5) is 22.2. The lowest BCUT2D eigenvalue weighted by atomic mass is 10.1. The lowest BCUT2D eigenvalue weighted by Gasteiger charge is -2.07. The highest BCUT2D eigenvalue weighted by molar-refractivity contribution is 5.98. The van der Waals surface area contributed by atoms with E-state index in [4.69, 9.17) is 0 Å². The zero-order valence-corrected chi connectivity index (χ0v) is 11.5. The van der Waals surface area contributed by atoms with Crippen LogP contribution in [0.3, 0.4) is 0 Å². The normalized spacial score (nSPS) is 10.2. The molecule has 0 bridgehead atoms. The molecule has 22 heavy (non-hydrogen) atoms. The van der Waals surface area contributed by atoms with Crippen LogP contribution in [0.2, 0.25) is 0 Å². The largest absolute Gasteiger partial charge is 0.504 e. The van der Waals surface area contributed by atoms with Crippen LogP contribution in [0.4, 0.5) is 5.69 Å². The number of para-hydroxylation sites is 1. The first-order chi connectivity index (χ1) is 10.5. The average molecular weight is 302 g/mol. The van der Waals surface area contributed by atoms with Gasteiger partial charge in [-0.3, -0.25) is 14.9 Å². The summed E-state index contributed by atoms with van der Waals surface area (Å²) in [6.07, 6.45) is 0.417. The third-order valence-electron chi connectivity index (χ3n) is 3.08. The second-order valence-corrected chi connectivity index (χ2v) is 4.60. The summed E-state index contributed by atoms with van der Waals surface area (Å²) < 4.78 is 0. The highest BCUT2D eigenvalue weighted by Gasteiger charge is 2.18. The number of hydrogen-bond donors (Lipinski definition) is 3. The summed E-state index contributed by atoms with van der Waals surface area (Å²) in [6, 6.07) is 10.1. The van der Waals surface area contributed by atoms with Crippen molar-refractivity contribution < 1.29 is 19.9 Å². The van der Waals surface area contributed by atoms with Crippen LogP contribution < -0.4 is 5.32 Å². The smallest absolute Gasteiger partial charge is 0.282 e. The van der Waals surface area contributed by atoms with Crippen molar-refractivity contribution in [2.24, 2.45) is 0 Å². The predicted octanol–water partition coefficient (Wildman–Crippen LogP) is 1.98. The minimum atomic E-state index is -0.604. The number of benzene rings is 2. The number of aromatic hydroxyl groups is 2. The van der Waals surface area contributed by atoms with Gasteiger partial charge in [0.1, 0.15) is 5.56 Å². The van der Waals surface area contributed by atoms with Gasteiger partial charge in [-0.15, -0.1) is 0 Å². The molecule has 7 nitrogen and oxygen atoms in total. The van der Waals surface area contributed by atoms with Crippen LogP contribution in [0.15, 0.2) is 42.5 Å². The van der Waals surface area contributed by atoms with Gasteiger partial charge in [0.25, 0.3) is 11.6 Å². The second-order valence-electron chi connectivity index (χ2n) is 4.60. The molecule has 2 aromatic rings. The maximum absolute atomic E-state index is 12.0. The lowest BCUT2D eigenvalue weighted by Crippen LogP contribution is -2.26. The third kappa shape index (κ3) is 3.51. The molecular formula is C15H14N2O5. The Hall–Kier alpha value is -3.09. The number of phenols is 2. The summed E-state index contributed by atoms with van der Waals surface area (Å²) in [6.45, 7) is 0.245. The zero-order valence-electron chi connectivity index (χ0n) is 11.5. The Labute approximate surface area is 126 Å². The standard InChI is InChI=1S/C15H14N2O5/c18-13-6-5-10(9-14(13)19)7-8-16-15(20)11-3-1-2-4-12(11)17(21)22/h1-6,9,18-19H,7-8H2,(H,16,20). The van der Waals surface area contributed by atoms with Crippen LogP contribution in [0.25, 0.3) is 0 Å². The first kappa shape index (κ1) is 15.3. The van der Waals surface area contributed by atoms with Gasteiger partial charge in [-0.05, 0) is 30.2 Å².